The Bertz CT molecular complexity index is 571. The van der Waals surface area contributed by atoms with Crippen LogP contribution in [0, 0.1) is 5.92 Å². The van der Waals surface area contributed by atoms with Gasteiger partial charge >= 0.3 is 0 Å². The van der Waals surface area contributed by atoms with Crippen LogP contribution in [-0.4, -0.2) is 20.7 Å². The summed E-state index contributed by atoms with van der Waals surface area (Å²) in [6.45, 7) is 2.28. The van der Waals surface area contributed by atoms with Gasteiger partial charge in [0.05, 0.1) is 22.5 Å². The number of anilines is 1. The quantitative estimate of drug-likeness (QED) is 0.944. The van der Waals surface area contributed by atoms with E-state index in [4.69, 9.17) is 23.2 Å². The van der Waals surface area contributed by atoms with Gasteiger partial charge in [-0.3, -0.25) is 9.48 Å². The molecule has 1 atom stereocenters. The lowest BCUT2D eigenvalue weighted by atomic mass is 10.1. The number of benzene rings is 1. The molecule has 0 radical (unpaired) electrons. The Morgan fingerprint density at radius 1 is 1.42 bits per heavy atom. The zero-order valence-electron chi connectivity index (χ0n) is 10.2. The van der Waals surface area contributed by atoms with Gasteiger partial charge in [0.15, 0.2) is 0 Å². The van der Waals surface area contributed by atoms with Gasteiger partial charge in [0.2, 0.25) is 5.91 Å². The van der Waals surface area contributed by atoms with Crippen LogP contribution in [0.2, 0.25) is 10.0 Å². The summed E-state index contributed by atoms with van der Waals surface area (Å²) in [4.78, 5) is 15.8. The molecule has 1 aromatic heterocycles. The van der Waals surface area contributed by atoms with Crippen LogP contribution in [-0.2, 0) is 11.3 Å². The highest BCUT2D eigenvalue weighted by Gasteiger charge is 2.14. The molecule has 19 heavy (non-hydrogen) atoms. The highest BCUT2D eigenvalue weighted by atomic mass is 35.5. The second-order valence-electron chi connectivity index (χ2n) is 4.14. The first kappa shape index (κ1) is 13.8. The molecule has 2 aromatic rings. The van der Waals surface area contributed by atoms with Gasteiger partial charge in [-0.15, -0.1) is 0 Å². The summed E-state index contributed by atoms with van der Waals surface area (Å²) in [5.41, 5.74) is 0.616. The molecular formula is C12H12Cl2N4O. The van der Waals surface area contributed by atoms with Gasteiger partial charge in [-0.2, -0.15) is 5.10 Å². The fourth-order valence-electron chi connectivity index (χ4n) is 1.53. The molecule has 1 amide bonds. The Morgan fingerprint density at radius 3 is 2.84 bits per heavy atom. The molecule has 0 bridgehead atoms. The Kier molecular flexibility index (Phi) is 4.39. The van der Waals surface area contributed by atoms with E-state index < -0.39 is 0 Å². The Hall–Kier alpha value is -1.59. The number of hydrogen-bond donors (Lipinski definition) is 1. The lowest BCUT2D eigenvalue weighted by Gasteiger charge is -2.12. The van der Waals surface area contributed by atoms with E-state index in [1.54, 1.807) is 29.2 Å². The average Bonchev–Trinajstić information content (AvgIpc) is 2.86. The van der Waals surface area contributed by atoms with Crippen LogP contribution in [0.5, 0.6) is 0 Å². The molecule has 100 valence electrons. The molecule has 2 rings (SSSR count). The Morgan fingerprint density at radius 2 is 2.21 bits per heavy atom. The van der Waals surface area contributed by atoms with Crippen molar-refractivity contribution in [2.75, 3.05) is 5.32 Å². The molecule has 1 heterocycles. The van der Waals surface area contributed by atoms with Crippen LogP contribution in [0.1, 0.15) is 6.92 Å². The zero-order valence-corrected chi connectivity index (χ0v) is 11.7. The van der Waals surface area contributed by atoms with E-state index in [0.29, 0.717) is 22.3 Å². The molecular weight excluding hydrogens is 287 g/mol. The van der Waals surface area contributed by atoms with Gasteiger partial charge in [-0.05, 0) is 18.2 Å². The largest absolute Gasteiger partial charge is 0.326 e. The van der Waals surface area contributed by atoms with Crippen molar-refractivity contribution in [3.05, 3.63) is 40.9 Å². The number of carbonyl (C=O) groups is 1. The first-order valence-electron chi connectivity index (χ1n) is 5.64. The standard InChI is InChI=1S/C12H12Cl2N4O/c1-8(5-18-7-15-6-16-18)12(19)17-9-2-3-10(13)11(14)4-9/h2-4,6-8H,5H2,1H3,(H,17,19). The van der Waals surface area contributed by atoms with Crippen LogP contribution in [0.25, 0.3) is 0 Å². The molecule has 7 heteroatoms. The summed E-state index contributed by atoms with van der Waals surface area (Å²) in [6, 6.07) is 4.96. The number of carbonyl (C=O) groups excluding carboxylic acids is 1. The number of nitrogens with zero attached hydrogens (tertiary/aromatic N) is 3. The molecule has 1 aromatic carbocycles. The third kappa shape index (κ3) is 3.68. The summed E-state index contributed by atoms with van der Waals surface area (Å²) in [6.07, 6.45) is 3.01. The number of halogens is 2. The minimum Gasteiger partial charge on any atom is -0.326 e. The molecule has 0 saturated heterocycles. The maximum absolute atomic E-state index is 12.0. The Balaban J connectivity index is 1.98. The lowest BCUT2D eigenvalue weighted by Crippen LogP contribution is -2.24. The van der Waals surface area contributed by atoms with Crippen molar-refractivity contribution in [3.8, 4) is 0 Å². The summed E-state index contributed by atoms with van der Waals surface area (Å²) >= 11 is 11.7. The summed E-state index contributed by atoms with van der Waals surface area (Å²) in [7, 11) is 0. The number of hydrogen-bond acceptors (Lipinski definition) is 3. The average molecular weight is 299 g/mol. The highest BCUT2D eigenvalue weighted by Crippen LogP contribution is 2.25. The van der Waals surface area contributed by atoms with Crippen LogP contribution < -0.4 is 5.32 Å². The van der Waals surface area contributed by atoms with Crippen LogP contribution >= 0.6 is 23.2 Å². The SMILES string of the molecule is CC(Cn1cncn1)C(=O)Nc1ccc(Cl)c(Cl)c1. The molecule has 0 aliphatic heterocycles. The summed E-state index contributed by atoms with van der Waals surface area (Å²) in [5, 5.41) is 7.60. The second kappa shape index (κ2) is 6.04. The van der Waals surface area contributed by atoms with Gasteiger partial charge in [0.1, 0.15) is 12.7 Å². The monoisotopic (exact) mass is 298 g/mol. The molecule has 0 aliphatic carbocycles. The van der Waals surface area contributed by atoms with Gasteiger partial charge in [0.25, 0.3) is 0 Å². The van der Waals surface area contributed by atoms with Crippen LogP contribution in [0.3, 0.4) is 0 Å². The Labute approximate surface area is 120 Å². The normalized spacial score (nSPS) is 12.2. The van der Waals surface area contributed by atoms with Gasteiger partial charge in [-0.1, -0.05) is 30.1 Å². The molecule has 0 saturated carbocycles. The van der Waals surface area contributed by atoms with E-state index in [1.807, 2.05) is 6.92 Å². The van der Waals surface area contributed by atoms with Crippen molar-refractivity contribution in [1.29, 1.82) is 0 Å². The molecule has 0 aliphatic rings. The summed E-state index contributed by atoms with van der Waals surface area (Å²) in [5.74, 6) is -0.356. The summed E-state index contributed by atoms with van der Waals surface area (Å²) < 4.78 is 1.61. The third-order valence-electron chi connectivity index (χ3n) is 2.56. The van der Waals surface area contributed by atoms with Crippen molar-refractivity contribution < 1.29 is 4.79 Å². The van der Waals surface area contributed by atoms with Crippen molar-refractivity contribution in [2.45, 2.75) is 13.5 Å². The van der Waals surface area contributed by atoms with Gasteiger partial charge in [0, 0.05) is 5.69 Å². The zero-order chi connectivity index (χ0) is 13.8. The van der Waals surface area contributed by atoms with Crippen molar-refractivity contribution in [2.24, 2.45) is 5.92 Å². The molecule has 0 spiro atoms. The fourth-order valence-corrected chi connectivity index (χ4v) is 1.83. The predicted octanol–water partition coefficient (Wildman–Crippen LogP) is 2.86. The number of aromatic nitrogens is 3. The molecule has 0 fully saturated rings. The number of nitrogens with one attached hydrogen (secondary N) is 1. The van der Waals surface area contributed by atoms with Gasteiger partial charge in [-0.25, -0.2) is 4.98 Å². The first-order chi connectivity index (χ1) is 9.06. The number of rotatable bonds is 4. The van der Waals surface area contributed by atoms with E-state index in [9.17, 15) is 4.79 Å². The maximum Gasteiger partial charge on any atom is 0.229 e. The van der Waals surface area contributed by atoms with Crippen molar-refractivity contribution in [1.82, 2.24) is 14.8 Å². The fraction of sp³-hybridized carbons (Fsp3) is 0.250. The van der Waals surface area contributed by atoms with E-state index in [1.165, 1.54) is 6.33 Å². The van der Waals surface area contributed by atoms with E-state index in [0.717, 1.165) is 0 Å². The molecule has 5 nitrogen and oxygen atoms in total. The molecule has 1 N–H and O–H groups in total. The van der Waals surface area contributed by atoms with Crippen molar-refractivity contribution >= 4 is 34.8 Å². The van der Waals surface area contributed by atoms with E-state index in [-0.39, 0.29) is 11.8 Å². The van der Waals surface area contributed by atoms with Gasteiger partial charge < -0.3 is 5.32 Å². The highest BCUT2D eigenvalue weighted by molar-refractivity contribution is 6.42. The minimum absolute atomic E-state index is 0.117. The van der Waals surface area contributed by atoms with E-state index >= 15 is 0 Å². The van der Waals surface area contributed by atoms with E-state index in [2.05, 4.69) is 15.4 Å². The second-order valence-corrected chi connectivity index (χ2v) is 4.95. The lowest BCUT2D eigenvalue weighted by molar-refractivity contribution is -0.119. The topological polar surface area (TPSA) is 59.8 Å². The van der Waals surface area contributed by atoms with Crippen molar-refractivity contribution in [3.63, 3.8) is 0 Å². The first-order valence-corrected chi connectivity index (χ1v) is 6.40. The smallest absolute Gasteiger partial charge is 0.229 e. The number of amides is 1. The van der Waals surface area contributed by atoms with Crippen LogP contribution in [0.4, 0.5) is 5.69 Å². The predicted molar refractivity (Wildman–Crippen MR) is 74.3 cm³/mol. The van der Waals surface area contributed by atoms with Crippen LogP contribution in [0.15, 0.2) is 30.9 Å². The third-order valence-corrected chi connectivity index (χ3v) is 3.30. The maximum atomic E-state index is 12.0. The minimum atomic E-state index is -0.240. The molecule has 1 unspecified atom stereocenters.